The van der Waals surface area contributed by atoms with Gasteiger partial charge in [-0.1, -0.05) is 6.07 Å². The van der Waals surface area contributed by atoms with Crippen LogP contribution in [-0.4, -0.2) is 29.7 Å². The molecule has 5 nitrogen and oxygen atoms in total. The molecule has 0 saturated heterocycles. The van der Waals surface area contributed by atoms with Crippen LogP contribution in [0.1, 0.15) is 35.2 Å². The summed E-state index contributed by atoms with van der Waals surface area (Å²) in [6.45, 7) is 1.82. The standard InChI is InChI=1S/C14H17NO4/c1-9-4-5-10(12(16)17)8-11(9)15-13(18)14(19-2)6-3-7-14/h4-5,8H,3,6-7H2,1-2H3,(H,15,18)(H,16,17). The lowest BCUT2D eigenvalue weighted by molar-refractivity contribution is -0.148. The van der Waals surface area contributed by atoms with Gasteiger partial charge in [0.2, 0.25) is 0 Å². The van der Waals surface area contributed by atoms with E-state index in [4.69, 9.17) is 9.84 Å². The van der Waals surface area contributed by atoms with Gasteiger partial charge in [0.25, 0.3) is 5.91 Å². The number of carboxylic acids is 1. The van der Waals surface area contributed by atoms with Gasteiger partial charge in [-0.15, -0.1) is 0 Å². The first kappa shape index (κ1) is 13.5. The molecule has 0 radical (unpaired) electrons. The Labute approximate surface area is 111 Å². The molecule has 1 saturated carbocycles. The van der Waals surface area contributed by atoms with Crippen molar-refractivity contribution in [1.29, 1.82) is 0 Å². The number of amides is 1. The van der Waals surface area contributed by atoms with Crippen molar-refractivity contribution in [3.63, 3.8) is 0 Å². The van der Waals surface area contributed by atoms with Gasteiger partial charge < -0.3 is 15.2 Å². The van der Waals surface area contributed by atoms with E-state index in [1.807, 2.05) is 6.92 Å². The maximum atomic E-state index is 12.2. The Morgan fingerprint density at radius 1 is 1.37 bits per heavy atom. The van der Waals surface area contributed by atoms with Crippen molar-refractivity contribution in [3.8, 4) is 0 Å². The van der Waals surface area contributed by atoms with Crippen molar-refractivity contribution in [3.05, 3.63) is 29.3 Å². The Balaban J connectivity index is 2.21. The Hall–Kier alpha value is -1.88. The molecule has 1 aliphatic rings. The van der Waals surface area contributed by atoms with Gasteiger partial charge in [0.15, 0.2) is 0 Å². The minimum Gasteiger partial charge on any atom is -0.478 e. The molecule has 0 atom stereocenters. The molecule has 19 heavy (non-hydrogen) atoms. The number of aromatic carboxylic acids is 1. The number of carbonyl (C=O) groups excluding carboxylic acids is 1. The molecule has 2 N–H and O–H groups in total. The highest BCUT2D eigenvalue weighted by Crippen LogP contribution is 2.36. The lowest BCUT2D eigenvalue weighted by atomic mass is 9.79. The van der Waals surface area contributed by atoms with E-state index >= 15 is 0 Å². The molecular weight excluding hydrogens is 246 g/mol. The molecule has 2 rings (SSSR count). The first-order valence-electron chi connectivity index (χ1n) is 6.19. The summed E-state index contributed by atoms with van der Waals surface area (Å²) >= 11 is 0. The van der Waals surface area contributed by atoms with Crippen LogP contribution in [0.4, 0.5) is 5.69 Å². The molecule has 0 spiro atoms. The second kappa shape index (κ2) is 5.01. The van der Waals surface area contributed by atoms with Crippen LogP contribution in [-0.2, 0) is 9.53 Å². The van der Waals surface area contributed by atoms with Gasteiger partial charge in [0, 0.05) is 12.8 Å². The Bertz CT molecular complexity index is 515. The SMILES string of the molecule is COC1(C(=O)Nc2cc(C(=O)O)ccc2C)CCC1. The first-order valence-corrected chi connectivity index (χ1v) is 6.19. The number of nitrogens with one attached hydrogen (secondary N) is 1. The lowest BCUT2D eigenvalue weighted by Gasteiger charge is -2.38. The van der Waals surface area contributed by atoms with Gasteiger partial charge in [-0.05, 0) is 43.9 Å². The van der Waals surface area contributed by atoms with E-state index in [-0.39, 0.29) is 11.5 Å². The largest absolute Gasteiger partial charge is 0.478 e. The fraction of sp³-hybridized carbons (Fsp3) is 0.429. The highest BCUT2D eigenvalue weighted by atomic mass is 16.5. The smallest absolute Gasteiger partial charge is 0.335 e. The number of carboxylic acid groups (broad SMARTS) is 1. The van der Waals surface area contributed by atoms with Crippen LogP contribution in [0, 0.1) is 6.92 Å². The van der Waals surface area contributed by atoms with Crippen LogP contribution >= 0.6 is 0 Å². The quantitative estimate of drug-likeness (QED) is 0.873. The normalized spacial score (nSPS) is 16.5. The zero-order valence-corrected chi connectivity index (χ0v) is 11.0. The number of hydrogen-bond donors (Lipinski definition) is 2. The maximum absolute atomic E-state index is 12.2. The lowest BCUT2D eigenvalue weighted by Crippen LogP contribution is -2.50. The van der Waals surface area contributed by atoms with Crippen molar-refractivity contribution in [2.45, 2.75) is 31.8 Å². The number of methoxy groups -OCH3 is 1. The topological polar surface area (TPSA) is 75.6 Å². The van der Waals surface area contributed by atoms with Crippen LogP contribution in [0.15, 0.2) is 18.2 Å². The fourth-order valence-electron chi connectivity index (χ4n) is 2.15. The van der Waals surface area contributed by atoms with Crippen LogP contribution in [0.2, 0.25) is 0 Å². The zero-order valence-electron chi connectivity index (χ0n) is 11.0. The van der Waals surface area contributed by atoms with E-state index < -0.39 is 11.6 Å². The Morgan fingerprint density at radius 3 is 2.53 bits per heavy atom. The van der Waals surface area contributed by atoms with Crippen LogP contribution in [0.25, 0.3) is 0 Å². The molecule has 1 aliphatic carbocycles. The van der Waals surface area contributed by atoms with Crippen molar-refractivity contribution in [2.75, 3.05) is 12.4 Å². The van der Waals surface area contributed by atoms with Gasteiger partial charge in [0.05, 0.1) is 5.56 Å². The van der Waals surface area contributed by atoms with Crippen LogP contribution < -0.4 is 5.32 Å². The molecule has 1 aromatic carbocycles. The molecule has 0 heterocycles. The summed E-state index contributed by atoms with van der Waals surface area (Å²) in [7, 11) is 1.53. The Morgan fingerprint density at radius 2 is 2.05 bits per heavy atom. The van der Waals surface area contributed by atoms with Crippen LogP contribution in [0.3, 0.4) is 0 Å². The maximum Gasteiger partial charge on any atom is 0.335 e. The number of rotatable bonds is 4. The van der Waals surface area contributed by atoms with Gasteiger partial charge in [-0.2, -0.15) is 0 Å². The fourth-order valence-corrected chi connectivity index (χ4v) is 2.15. The van der Waals surface area contributed by atoms with Gasteiger partial charge in [-0.3, -0.25) is 4.79 Å². The third-order valence-corrected chi connectivity index (χ3v) is 3.70. The van der Waals surface area contributed by atoms with Crippen molar-refractivity contribution >= 4 is 17.6 Å². The summed E-state index contributed by atoms with van der Waals surface area (Å²) in [5, 5.41) is 11.7. The minimum absolute atomic E-state index is 0.154. The van der Waals surface area contributed by atoms with E-state index in [1.54, 1.807) is 6.07 Å². The molecule has 1 aromatic rings. The number of anilines is 1. The summed E-state index contributed by atoms with van der Waals surface area (Å²) in [6.07, 6.45) is 2.37. The van der Waals surface area contributed by atoms with Crippen molar-refractivity contribution < 1.29 is 19.4 Å². The number of aryl methyl sites for hydroxylation is 1. The average Bonchev–Trinajstić information content (AvgIpc) is 2.31. The van der Waals surface area contributed by atoms with Gasteiger partial charge in [0.1, 0.15) is 5.60 Å². The summed E-state index contributed by atoms with van der Waals surface area (Å²) < 4.78 is 5.30. The highest BCUT2D eigenvalue weighted by molar-refractivity contribution is 5.99. The number of ether oxygens (including phenoxy) is 1. The van der Waals surface area contributed by atoms with E-state index in [1.165, 1.54) is 19.2 Å². The molecular formula is C14H17NO4. The molecule has 1 amide bonds. The number of hydrogen-bond acceptors (Lipinski definition) is 3. The average molecular weight is 263 g/mol. The monoisotopic (exact) mass is 263 g/mol. The highest BCUT2D eigenvalue weighted by Gasteiger charge is 2.44. The molecule has 102 valence electrons. The summed E-state index contributed by atoms with van der Waals surface area (Å²) in [5.74, 6) is -1.22. The van der Waals surface area contributed by atoms with E-state index in [0.717, 1.165) is 12.0 Å². The van der Waals surface area contributed by atoms with Crippen molar-refractivity contribution in [2.24, 2.45) is 0 Å². The molecule has 0 bridgehead atoms. The van der Waals surface area contributed by atoms with Crippen LogP contribution in [0.5, 0.6) is 0 Å². The van der Waals surface area contributed by atoms with E-state index in [0.29, 0.717) is 18.5 Å². The molecule has 0 unspecified atom stereocenters. The van der Waals surface area contributed by atoms with Gasteiger partial charge in [-0.25, -0.2) is 4.79 Å². The zero-order chi connectivity index (χ0) is 14.0. The number of carbonyl (C=O) groups is 2. The third kappa shape index (κ3) is 2.46. The Kier molecular flexibility index (Phi) is 3.57. The molecule has 0 aliphatic heterocycles. The first-order chi connectivity index (χ1) is 8.98. The predicted molar refractivity (Wildman–Crippen MR) is 70.4 cm³/mol. The van der Waals surface area contributed by atoms with E-state index in [2.05, 4.69) is 5.32 Å². The summed E-state index contributed by atoms with van der Waals surface area (Å²) in [6, 6.07) is 4.67. The van der Waals surface area contributed by atoms with E-state index in [9.17, 15) is 9.59 Å². The number of benzene rings is 1. The molecule has 5 heteroatoms. The second-order valence-corrected chi connectivity index (χ2v) is 4.84. The van der Waals surface area contributed by atoms with Crippen molar-refractivity contribution in [1.82, 2.24) is 0 Å². The van der Waals surface area contributed by atoms with Gasteiger partial charge >= 0.3 is 5.97 Å². The summed E-state index contributed by atoms with van der Waals surface area (Å²) in [4.78, 5) is 23.1. The molecule has 1 fully saturated rings. The second-order valence-electron chi connectivity index (χ2n) is 4.84. The summed E-state index contributed by atoms with van der Waals surface area (Å²) in [5.41, 5.74) is 0.754. The molecule has 0 aromatic heterocycles. The minimum atomic E-state index is -1.01. The third-order valence-electron chi connectivity index (χ3n) is 3.70. The predicted octanol–water partition coefficient (Wildman–Crippen LogP) is 2.20.